The van der Waals surface area contributed by atoms with Crippen LogP contribution < -0.4 is 5.32 Å². The number of hydrogen-bond donors (Lipinski definition) is 2. The van der Waals surface area contributed by atoms with Gasteiger partial charge >= 0.3 is 12.0 Å². The van der Waals surface area contributed by atoms with Crippen molar-refractivity contribution < 1.29 is 18.9 Å². The van der Waals surface area contributed by atoms with E-state index in [1.165, 1.54) is 0 Å². The predicted molar refractivity (Wildman–Crippen MR) is 62.1 cm³/mol. The second-order valence-electron chi connectivity index (χ2n) is 4.44. The van der Waals surface area contributed by atoms with Crippen LogP contribution in [0, 0.1) is 5.92 Å². The van der Waals surface area contributed by atoms with Gasteiger partial charge in [-0.05, 0) is 18.8 Å². The van der Waals surface area contributed by atoms with Gasteiger partial charge in [-0.25, -0.2) is 9.59 Å². The molecule has 17 heavy (non-hydrogen) atoms. The van der Waals surface area contributed by atoms with E-state index in [9.17, 15) is 13.8 Å². The molecule has 96 valence electrons. The van der Waals surface area contributed by atoms with Gasteiger partial charge in [0.05, 0.1) is 0 Å². The summed E-state index contributed by atoms with van der Waals surface area (Å²) in [5.41, 5.74) is 0. The molecule has 6 nitrogen and oxygen atoms in total. The fraction of sp³-hybridized carbons (Fsp3) is 0.800. The molecule has 2 aliphatic rings. The summed E-state index contributed by atoms with van der Waals surface area (Å²) in [6, 6.07) is -1.11. The number of nitrogens with zero attached hydrogens (tertiary/aromatic N) is 1. The summed E-state index contributed by atoms with van der Waals surface area (Å²) in [7, 11) is -0.833. The van der Waals surface area contributed by atoms with Gasteiger partial charge in [0.15, 0.2) is 0 Å². The van der Waals surface area contributed by atoms with Crippen molar-refractivity contribution >= 4 is 22.8 Å². The van der Waals surface area contributed by atoms with E-state index in [2.05, 4.69) is 5.32 Å². The normalized spacial score (nSPS) is 23.2. The van der Waals surface area contributed by atoms with Gasteiger partial charge in [-0.15, -0.1) is 0 Å². The number of rotatable bonds is 3. The highest BCUT2D eigenvalue weighted by Gasteiger charge is 2.38. The molecule has 1 aliphatic heterocycles. The number of urea groups is 1. The zero-order valence-electron chi connectivity index (χ0n) is 9.42. The summed E-state index contributed by atoms with van der Waals surface area (Å²) in [5.74, 6) is 0.0696. The molecule has 2 fully saturated rings. The highest BCUT2D eigenvalue weighted by molar-refractivity contribution is 7.85. The Morgan fingerprint density at radius 1 is 1.29 bits per heavy atom. The van der Waals surface area contributed by atoms with Gasteiger partial charge < -0.3 is 15.3 Å². The van der Waals surface area contributed by atoms with Crippen molar-refractivity contribution in [2.24, 2.45) is 5.92 Å². The van der Waals surface area contributed by atoms with Crippen molar-refractivity contribution in [1.29, 1.82) is 0 Å². The smallest absolute Gasteiger partial charge is 0.326 e. The van der Waals surface area contributed by atoms with E-state index in [1.807, 2.05) is 0 Å². The minimum Gasteiger partial charge on any atom is -0.480 e. The summed E-state index contributed by atoms with van der Waals surface area (Å²) in [6.45, 7) is 0.880. The van der Waals surface area contributed by atoms with Crippen LogP contribution in [0.5, 0.6) is 0 Å². The molecule has 1 aliphatic carbocycles. The average molecular weight is 260 g/mol. The average Bonchev–Trinajstić information content (AvgIpc) is 3.10. The fourth-order valence-electron chi connectivity index (χ4n) is 1.88. The molecule has 0 radical (unpaired) electrons. The van der Waals surface area contributed by atoms with E-state index in [4.69, 9.17) is 5.11 Å². The molecule has 2 rings (SSSR count). The van der Waals surface area contributed by atoms with Crippen molar-refractivity contribution in [2.75, 3.05) is 24.6 Å². The molecule has 0 aromatic carbocycles. The maximum atomic E-state index is 11.8. The predicted octanol–water partition coefficient (Wildman–Crippen LogP) is -0.377. The first-order valence-corrected chi connectivity index (χ1v) is 7.20. The highest BCUT2D eigenvalue weighted by Crippen LogP contribution is 2.32. The van der Waals surface area contributed by atoms with Crippen molar-refractivity contribution in [2.45, 2.75) is 18.9 Å². The Kier molecular flexibility index (Phi) is 3.66. The van der Waals surface area contributed by atoms with Crippen molar-refractivity contribution in [1.82, 2.24) is 10.2 Å². The summed E-state index contributed by atoms with van der Waals surface area (Å²) < 4.78 is 11.1. The molecule has 0 aromatic rings. The van der Waals surface area contributed by atoms with Gasteiger partial charge in [0.25, 0.3) is 0 Å². The van der Waals surface area contributed by atoms with Crippen LogP contribution in [0.2, 0.25) is 0 Å². The molecule has 1 atom stereocenters. The molecule has 1 saturated carbocycles. The van der Waals surface area contributed by atoms with Crippen LogP contribution in [0.25, 0.3) is 0 Å². The second kappa shape index (κ2) is 5.03. The van der Waals surface area contributed by atoms with Crippen LogP contribution in [0.1, 0.15) is 12.8 Å². The van der Waals surface area contributed by atoms with Crippen LogP contribution in [0.4, 0.5) is 4.79 Å². The molecule has 1 unspecified atom stereocenters. The van der Waals surface area contributed by atoms with E-state index in [0.29, 0.717) is 24.6 Å². The van der Waals surface area contributed by atoms with Gasteiger partial charge in [-0.3, -0.25) is 4.21 Å². The third-order valence-electron chi connectivity index (χ3n) is 3.10. The molecular weight excluding hydrogens is 244 g/mol. The largest absolute Gasteiger partial charge is 0.480 e. The van der Waals surface area contributed by atoms with E-state index in [0.717, 1.165) is 12.8 Å². The summed E-state index contributed by atoms with van der Waals surface area (Å²) in [5, 5.41) is 11.5. The van der Waals surface area contributed by atoms with E-state index < -0.39 is 22.8 Å². The van der Waals surface area contributed by atoms with Crippen molar-refractivity contribution in [3.05, 3.63) is 0 Å². The number of amides is 2. The van der Waals surface area contributed by atoms with Gasteiger partial charge in [-0.1, -0.05) is 0 Å². The molecule has 0 aromatic heterocycles. The summed E-state index contributed by atoms with van der Waals surface area (Å²) in [4.78, 5) is 24.3. The van der Waals surface area contributed by atoms with Crippen LogP contribution in [-0.2, 0) is 15.6 Å². The first-order valence-electron chi connectivity index (χ1n) is 5.71. The number of carboxylic acid groups (broad SMARTS) is 1. The summed E-state index contributed by atoms with van der Waals surface area (Å²) >= 11 is 0. The van der Waals surface area contributed by atoms with Gasteiger partial charge in [0.2, 0.25) is 0 Å². The molecule has 1 saturated heterocycles. The van der Waals surface area contributed by atoms with E-state index in [1.54, 1.807) is 4.90 Å². The maximum Gasteiger partial charge on any atom is 0.326 e. The highest BCUT2D eigenvalue weighted by atomic mass is 32.2. The lowest BCUT2D eigenvalue weighted by molar-refractivity contribution is -0.139. The Morgan fingerprint density at radius 3 is 2.35 bits per heavy atom. The van der Waals surface area contributed by atoms with Crippen LogP contribution in [0.15, 0.2) is 0 Å². The molecular formula is C10H16N2O4S. The van der Waals surface area contributed by atoms with Crippen LogP contribution in [-0.4, -0.2) is 56.9 Å². The zero-order valence-corrected chi connectivity index (χ0v) is 10.2. The van der Waals surface area contributed by atoms with Crippen LogP contribution in [0.3, 0.4) is 0 Å². The quantitative estimate of drug-likeness (QED) is 0.724. The molecule has 2 amide bonds. The number of carboxylic acids is 1. The number of hydrogen-bond acceptors (Lipinski definition) is 3. The van der Waals surface area contributed by atoms with E-state index in [-0.39, 0.29) is 11.9 Å². The minimum atomic E-state index is -0.971. The van der Waals surface area contributed by atoms with Gasteiger partial charge in [0.1, 0.15) is 6.04 Å². The molecule has 2 N–H and O–H groups in total. The fourth-order valence-corrected chi connectivity index (χ4v) is 2.93. The lowest BCUT2D eigenvalue weighted by Gasteiger charge is -2.28. The number of carbonyl (C=O) groups excluding carboxylic acids is 1. The standard InChI is InChI=1S/C10H16N2O4S/c13-9(14)8(7-1-2-7)11-10(15)12-3-5-17(16)6-4-12/h7-8H,1-6H2,(H,11,15)(H,13,14). The molecule has 0 spiro atoms. The second-order valence-corrected chi connectivity index (χ2v) is 6.13. The van der Waals surface area contributed by atoms with Crippen molar-refractivity contribution in [3.63, 3.8) is 0 Å². The topological polar surface area (TPSA) is 86.7 Å². The molecule has 1 heterocycles. The number of aliphatic carboxylic acids is 1. The lowest BCUT2D eigenvalue weighted by atomic mass is 10.2. The third kappa shape index (κ3) is 3.18. The lowest BCUT2D eigenvalue weighted by Crippen LogP contribution is -2.52. The SMILES string of the molecule is O=C(O)C(NC(=O)N1CCS(=O)CC1)C1CC1. The zero-order chi connectivity index (χ0) is 12.4. The first-order chi connectivity index (χ1) is 8.08. The maximum absolute atomic E-state index is 11.8. The van der Waals surface area contributed by atoms with E-state index >= 15 is 0 Å². The van der Waals surface area contributed by atoms with Gasteiger partial charge in [-0.2, -0.15) is 0 Å². The minimum absolute atomic E-state index is 0.0790. The number of nitrogens with one attached hydrogen (secondary N) is 1. The Hall–Kier alpha value is -1.11. The summed E-state index contributed by atoms with van der Waals surface area (Å²) in [6.07, 6.45) is 1.72. The monoisotopic (exact) mass is 260 g/mol. The number of carbonyl (C=O) groups is 2. The first kappa shape index (κ1) is 12.3. The Labute approximate surface area is 102 Å². The Balaban J connectivity index is 1.87. The molecule has 0 bridgehead atoms. The van der Waals surface area contributed by atoms with Crippen LogP contribution >= 0.6 is 0 Å². The Bertz CT molecular complexity index is 346. The van der Waals surface area contributed by atoms with Gasteiger partial charge in [0, 0.05) is 35.4 Å². The third-order valence-corrected chi connectivity index (χ3v) is 4.38. The Morgan fingerprint density at radius 2 is 1.88 bits per heavy atom. The molecule has 7 heteroatoms. The van der Waals surface area contributed by atoms with Crippen molar-refractivity contribution in [3.8, 4) is 0 Å².